The SMILES string of the molecule is Cc1cc(S(=O)(=O)N(C)CCN2CCNCC2)ccc1Br. The highest BCUT2D eigenvalue weighted by Gasteiger charge is 2.22. The van der Waals surface area contributed by atoms with Gasteiger partial charge in [0.2, 0.25) is 10.0 Å². The number of likely N-dealkylation sites (N-methyl/N-ethyl adjacent to an activating group) is 1. The van der Waals surface area contributed by atoms with Crippen molar-refractivity contribution in [1.82, 2.24) is 14.5 Å². The molecule has 1 fully saturated rings. The van der Waals surface area contributed by atoms with Gasteiger partial charge >= 0.3 is 0 Å². The van der Waals surface area contributed by atoms with E-state index < -0.39 is 10.0 Å². The summed E-state index contributed by atoms with van der Waals surface area (Å²) in [6.45, 7) is 7.08. The minimum atomic E-state index is -3.41. The van der Waals surface area contributed by atoms with Crippen LogP contribution in [0, 0.1) is 6.92 Å². The molecule has 0 atom stereocenters. The van der Waals surface area contributed by atoms with Crippen LogP contribution in [0.3, 0.4) is 0 Å². The lowest BCUT2D eigenvalue weighted by Gasteiger charge is -2.28. The van der Waals surface area contributed by atoms with Crippen molar-refractivity contribution in [2.75, 3.05) is 46.3 Å². The fraction of sp³-hybridized carbons (Fsp3) is 0.571. The Bertz CT molecular complexity index is 586. The fourth-order valence-corrected chi connectivity index (χ4v) is 3.79. The topological polar surface area (TPSA) is 52.7 Å². The summed E-state index contributed by atoms with van der Waals surface area (Å²) in [7, 11) is -1.76. The van der Waals surface area contributed by atoms with E-state index in [-0.39, 0.29) is 0 Å². The average molecular weight is 376 g/mol. The molecule has 0 spiro atoms. The molecule has 5 nitrogen and oxygen atoms in total. The third-order valence-electron chi connectivity index (χ3n) is 3.78. The predicted molar refractivity (Wildman–Crippen MR) is 88.0 cm³/mol. The standard InChI is InChI=1S/C14H22BrN3O2S/c1-12-11-13(3-4-14(12)15)21(19,20)17(2)9-10-18-7-5-16-6-8-18/h3-4,11,16H,5-10H2,1-2H3. The van der Waals surface area contributed by atoms with E-state index in [2.05, 4.69) is 26.1 Å². The first-order valence-corrected chi connectivity index (χ1v) is 9.30. The molecule has 1 aliphatic rings. The number of nitrogens with zero attached hydrogens (tertiary/aromatic N) is 2. The summed E-state index contributed by atoms with van der Waals surface area (Å²) >= 11 is 3.39. The third-order valence-corrected chi connectivity index (χ3v) is 6.52. The van der Waals surface area contributed by atoms with Gasteiger partial charge in [-0.2, -0.15) is 4.31 Å². The Morgan fingerprint density at radius 1 is 1.33 bits per heavy atom. The minimum Gasteiger partial charge on any atom is -0.314 e. The highest BCUT2D eigenvalue weighted by atomic mass is 79.9. The van der Waals surface area contributed by atoms with Gasteiger partial charge < -0.3 is 5.32 Å². The molecule has 1 aromatic carbocycles. The Labute approximate surface area is 135 Å². The van der Waals surface area contributed by atoms with Crippen LogP contribution in [0.25, 0.3) is 0 Å². The van der Waals surface area contributed by atoms with Crippen LogP contribution in [-0.2, 0) is 10.0 Å². The van der Waals surface area contributed by atoms with Gasteiger partial charge in [0.25, 0.3) is 0 Å². The normalized spacial score (nSPS) is 17.3. The molecule has 7 heteroatoms. The molecule has 2 rings (SSSR count). The quantitative estimate of drug-likeness (QED) is 0.842. The molecule has 1 aromatic rings. The molecule has 0 unspecified atom stereocenters. The zero-order valence-electron chi connectivity index (χ0n) is 12.5. The summed E-state index contributed by atoms with van der Waals surface area (Å²) < 4.78 is 27.5. The first kappa shape index (κ1) is 16.9. The number of hydrogen-bond acceptors (Lipinski definition) is 4. The second-order valence-corrected chi connectivity index (χ2v) is 8.23. The molecular weight excluding hydrogens is 354 g/mol. The van der Waals surface area contributed by atoms with Gasteiger partial charge in [-0.05, 0) is 30.7 Å². The maximum Gasteiger partial charge on any atom is 0.242 e. The minimum absolute atomic E-state index is 0.353. The summed E-state index contributed by atoms with van der Waals surface area (Å²) in [4.78, 5) is 2.64. The molecule has 1 N–H and O–H groups in total. The summed E-state index contributed by atoms with van der Waals surface area (Å²) in [6.07, 6.45) is 0. The second-order valence-electron chi connectivity index (χ2n) is 5.33. The Morgan fingerprint density at radius 3 is 2.62 bits per heavy atom. The number of piperazine rings is 1. The molecule has 0 saturated carbocycles. The summed E-state index contributed by atoms with van der Waals surface area (Å²) in [6, 6.07) is 5.14. The van der Waals surface area contributed by atoms with Crippen LogP contribution in [0.1, 0.15) is 5.56 Å². The van der Waals surface area contributed by atoms with Crippen LogP contribution in [0.15, 0.2) is 27.6 Å². The lowest BCUT2D eigenvalue weighted by Crippen LogP contribution is -2.46. The highest BCUT2D eigenvalue weighted by Crippen LogP contribution is 2.22. The van der Waals surface area contributed by atoms with Gasteiger partial charge in [-0.3, -0.25) is 4.90 Å². The Morgan fingerprint density at radius 2 is 2.00 bits per heavy atom. The van der Waals surface area contributed by atoms with E-state index in [1.54, 1.807) is 25.2 Å². The van der Waals surface area contributed by atoms with Crippen molar-refractivity contribution in [3.63, 3.8) is 0 Å². The number of benzene rings is 1. The van der Waals surface area contributed by atoms with Crippen molar-refractivity contribution in [3.05, 3.63) is 28.2 Å². The number of sulfonamides is 1. The van der Waals surface area contributed by atoms with E-state index in [1.807, 2.05) is 6.92 Å². The third kappa shape index (κ3) is 4.26. The van der Waals surface area contributed by atoms with Crippen LogP contribution in [-0.4, -0.2) is 63.9 Å². The van der Waals surface area contributed by atoms with Gasteiger partial charge in [0.05, 0.1) is 4.90 Å². The molecule has 0 bridgehead atoms. The number of halogens is 1. The number of aryl methyl sites for hydroxylation is 1. The highest BCUT2D eigenvalue weighted by molar-refractivity contribution is 9.10. The zero-order chi connectivity index (χ0) is 15.5. The van der Waals surface area contributed by atoms with E-state index >= 15 is 0 Å². The van der Waals surface area contributed by atoms with Crippen molar-refractivity contribution in [2.45, 2.75) is 11.8 Å². The van der Waals surface area contributed by atoms with Crippen LogP contribution in [0.4, 0.5) is 0 Å². The Kier molecular flexibility index (Phi) is 5.79. The monoisotopic (exact) mass is 375 g/mol. The van der Waals surface area contributed by atoms with Gasteiger partial charge in [-0.1, -0.05) is 15.9 Å². The molecule has 0 aromatic heterocycles. The fourth-order valence-electron chi connectivity index (χ4n) is 2.29. The molecule has 21 heavy (non-hydrogen) atoms. The number of nitrogens with one attached hydrogen (secondary N) is 1. The zero-order valence-corrected chi connectivity index (χ0v) is 14.9. The van der Waals surface area contributed by atoms with Gasteiger partial charge in [0.1, 0.15) is 0 Å². The summed E-state index contributed by atoms with van der Waals surface area (Å²) in [5.41, 5.74) is 0.923. The molecule has 0 amide bonds. The number of rotatable bonds is 5. The lowest BCUT2D eigenvalue weighted by molar-refractivity contribution is 0.229. The first-order valence-electron chi connectivity index (χ1n) is 7.07. The van der Waals surface area contributed by atoms with Crippen molar-refractivity contribution in [2.24, 2.45) is 0 Å². The molecule has 1 aliphatic heterocycles. The average Bonchev–Trinajstić information content (AvgIpc) is 2.48. The molecule has 0 aliphatic carbocycles. The maximum absolute atomic E-state index is 12.5. The summed E-state index contributed by atoms with van der Waals surface area (Å²) in [5, 5.41) is 3.29. The smallest absolute Gasteiger partial charge is 0.242 e. The van der Waals surface area contributed by atoms with Crippen LogP contribution in [0.5, 0.6) is 0 Å². The van der Waals surface area contributed by atoms with Crippen LogP contribution in [0.2, 0.25) is 0 Å². The van der Waals surface area contributed by atoms with E-state index in [0.29, 0.717) is 11.4 Å². The van der Waals surface area contributed by atoms with Gasteiger partial charge in [-0.15, -0.1) is 0 Å². The Balaban J connectivity index is 2.02. The largest absolute Gasteiger partial charge is 0.314 e. The van der Waals surface area contributed by atoms with Gasteiger partial charge in [-0.25, -0.2) is 8.42 Å². The first-order chi connectivity index (χ1) is 9.91. The van der Waals surface area contributed by atoms with Crippen molar-refractivity contribution in [1.29, 1.82) is 0 Å². The molecule has 1 heterocycles. The van der Waals surface area contributed by atoms with Gasteiger partial charge in [0, 0.05) is 50.8 Å². The van der Waals surface area contributed by atoms with Crippen molar-refractivity contribution in [3.8, 4) is 0 Å². The van der Waals surface area contributed by atoms with Crippen molar-refractivity contribution < 1.29 is 8.42 Å². The predicted octanol–water partition coefficient (Wildman–Crippen LogP) is 1.28. The molecule has 0 radical (unpaired) electrons. The Hall–Kier alpha value is -0.470. The van der Waals surface area contributed by atoms with E-state index in [0.717, 1.165) is 42.8 Å². The second kappa shape index (κ2) is 7.19. The van der Waals surface area contributed by atoms with E-state index in [9.17, 15) is 8.42 Å². The van der Waals surface area contributed by atoms with Crippen LogP contribution >= 0.6 is 15.9 Å². The van der Waals surface area contributed by atoms with Crippen LogP contribution < -0.4 is 5.32 Å². The molecule has 1 saturated heterocycles. The van der Waals surface area contributed by atoms with E-state index in [4.69, 9.17) is 0 Å². The number of hydrogen-bond donors (Lipinski definition) is 1. The maximum atomic E-state index is 12.5. The summed E-state index contributed by atoms with van der Waals surface area (Å²) in [5.74, 6) is 0. The molecular formula is C14H22BrN3O2S. The molecule has 118 valence electrons. The van der Waals surface area contributed by atoms with E-state index in [1.165, 1.54) is 4.31 Å². The van der Waals surface area contributed by atoms with Gasteiger partial charge in [0.15, 0.2) is 0 Å². The van der Waals surface area contributed by atoms with Crippen molar-refractivity contribution >= 4 is 26.0 Å². The lowest BCUT2D eigenvalue weighted by atomic mass is 10.2.